The van der Waals surface area contributed by atoms with Crippen LogP contribution in [0.3, 0.4) is 0 Å². The lowest BCUT2D eigenvalue weighted by atomic mass is 10.0. The summed E-state index contributed by atoms with van der Waals surface area (Å²) in [6, 6.07) is 7.82. The molecule has 1 aromatic carbocycles. The number of methoxy groups -OCH3 is 1. The molecule has 2 atom stereocenters. The van der Waals surface area contributed by atoms with Crippen LogP contribution >= 0.6 is 0 Å². The van der Waals surface area contributed by atoms with Gasteiger partial charge in [0.1, 0.15) is 24.7 Å². The molecule has 1 aromatic rings. The molecule has 0 saturated carbocycles. The van der Waals surface area contributed by atoms with E-state index in [0.717, 1.165) is 30.6 Å². The molecular weight excluding hydrogens is 226 g/mol. The van der Waals surface area contributed by atoms with E-state index >= 15 is 0 Å². The first-order chi connectivity index (χ1) is 8.78. The van der Waals surface area contributed by atoms with Crippen LogP contribution in [-0.4, -0.2) is 33.4 Å². The lowest BCUT2D eigenvalue weighted by molar-refractivity contribution is -0.908. The van der Waals surface area contributed by atoms with Crippen LogP contribution < -0.4 is 14.4 Å². The van der Waals surface area contributed by atoms with Gasteiger partial charge in [0.05, 0.1) is 20.2 Å². The second-order valence-corrected chi connectivity index (χ2v) is 5.23. The van der Waals surface area contributed by atoms with Gasteiger partial charge in [-0.15, -0.1) is 0 Å². The zero-order valence-electron chi connectivity index (χ0n) is 11.4. The first-order valence-electron chi connectivity index (χ1n) is 6.88. The van der Waals surface area contributed by atoms with E-state index in [4.69, 9.17) is 9.47 Å². The number of hydrogen-bond donors (Lipinski definition) is 1. The van der Waals surface area contributed by atoms with E-state index in [-0.39, 0.29) is 0 Å². The van der Waals surface area contributed by atoms with Gasteiger partial charge in [0.15, 0.2) is 0 Å². The minimum atomic E-state index is 0.787. The second-order valence-electron chi connectivity index (χ2n) is 5.23. The normalized spacial score (nSPS) is 23.7. The fraction of sp³-hybridized carbons (Fsp3) is 0.600. The van der Waals surface area contributed by atoms with Gasteiger partial charge in [0.2, 0.25) is 0 Å². The molecule has 0 radical (unpaired) electrons. The molecule has 1 saturated heterocycles. The van der Waals surface area contributed by atoms with Crippen LogP contribution in [0.25, 0.3) is 0 Å². The maximum atomic E-state index is 5.79. The van der Waals surface area contributed by atoms with Gasteiger partial charge in [-0.3, -0.25) is 0 Å². The van der Waals surface area contributed by atoms with Gasteiger partial charge in [-0.1, -0.05) is 13.0 Å². The standard InChI is InChI=1S/C15H23NO2/c1-13-5-4-8-16(12-13)9-10-18-15-7-3-6-14(11-15)17-2/h3,6-7,11,13H,4-5,8-10,12H2,1-2H3/p+1/t13-/m1/s1. The smallest absolute Gasteiger partial charge is 0.137 e. The summed E-state index contributed by atoms with van der Waals surface area (Å²) in [5.74, 6) is 2.62. The largest absolute Gasteiger partial charge is 0.497 e. The van der Waals surface area contributed by atoms with Gasteiger partial charge in [-0.25, -0.2) is 0 Å². The van der Waals surface area contributed by atoms with E-state index in [1.165, 1.54) is 25.9 Å². The molecule has 0 spiro atoms. The van der Waals surface area contributed by atoms with E-state index < -0.39 is 0 Å². The molecule has 100 valence electrons. The molecule has 1 aliphatic rings. The van der Waals surface area contributed by atoms with Crippen molar-refractivity contribution in [1.82, 2.24) is 0 Å². The first kappa shape index (κ1) is 13.2. The Morgan fingerprint density at radius 3 is 2.94 bits per heavy atom. The Morgan fingerprint density at radius 2 is 2.17 bits per heavy atom. The maximum absolute atomic E-state index is 5.79. The Hall–Kier alpha value is -1.22. The Balaban J connectivity index is 1.74. The number of rotatable bonds is 5. The van der Waals surface area contributed by atoms with Gasteiger partial charge in [0, 0.05) is 12.0 Å². The highest BCUT2D eigenvalue weighted by molar-refractivity contribution is 5.32. The summed E-state index contributed by atoms with van der Waals surface area (Å²) in [7, 11) is 1.68. The molecule has 1 unspecified atom stereocenters. The third kappa shape index (κ3) is 3.91. The highest BCUT2D eigenvalue weighted by atomic mass is 16.5. The number of hydrogen-bond acceptors (Lipinski definition) is 2. The second kappa shape index (κ2) is 6.64. The average Bonchev–Trinajstić information content (AvgIpc) is 2.39. The third-order valence-corrected chi connectivity index (χ3v) is 3.63. The molecule has 3 heteroatoms. The monoisotopic (exact) mass is 250 g/mol. The van der Waals surface area contributed by atoms with E-state index in [9.17, 15) is 0 Å². The maximum Gasteiger partial charge on any atom is 0.137 e. The van der Waals surface area contributed by atoms with Gasteiger partial charge < -0.3 is 14.4 Å². The number of piperidine rings is 1. The summed E-state index contributed by atoms with van der Waals surface area (Å²) < 4.78 is 11.0. The van der Waals surface area contributed by atoms with Crippen molar-refractivity contribution in [1.29, 1.82) is 0 Å². The molecule has 2 rings (SSSR count). The molecular formula is C15H24NO2+. The van der Waals surface area contributed by atoms with E-state index in [1.54, 1.807) is 12.0 Å². The van der Waals surface area contributed by atoms with Gasteiger partial charge in [0.25, 0.3) is 0 Å². The van der Waals surface area contributed by atoms with Crippen LogP contribution in [-0.2, 0) is 0 Å². The van der Waals surface area contributed by atoms with E-state index in [2.05, 4.69) is 6.92 Å². The van der Waals surface area contributed by atoms with Crippen molar-refractivity contribution >= 4 is 0 Å². The minimum absolute atomic E-state index is 0.787. The highest BCUT2D eigenvalue weighted by Gasteiger charge is 2.19. The summed E-state index contributed by atoms with van der Waals surface area (Å²) >= 11 is 0. The van der Waals surface area contributed by atoms with Crippen molar-refractivity contribution in [3.8, 4) is 11.5 Å². The van der Waals surface area contributed by atoms with E-state index in [1.807, 2.05) is 24.3 Å². The number of ether oxygens (including phenoxy) is 2. The van der Waals surface area contributed by atoms with Crippen molar-refractivity contribution in [2.75, 3.05) is 33.4 Å². The Bertz CT molecular complexity index is 367. The molecule has 1 N–H and O–H groups in total. The number of benzene rings is 1. The molecule has 0 aliphatic carbocycles. The molecule has 1 aliphatic heterocycles. The topological polar surface area (TPSA) is 22.9 Å². The van der Waals surface area contributed by atoms with Crippen LogP contribution in [0, 0.1) is 5.92 Å². The summed E-state index contributed by atoms with van der Waals surface area (Å²) in [6.07, 6.45) is 2.75. The first-order valence-corrected chi connectivity index (χ1v) is 6.88. The molecule has 18 heavy (non-hydrogen) atoms. The lowest BCUT2D eigenvalue weighted by Crippen LogP contribution is -3.14. The van der Waals surface area contributed by atoms with Crippen LogP contribution in [0.5, 0.6) is 11.5 Å². The molecule has 1 fully saturated rings. The fourth-order valence-corrected chi connectivity index (χ4v) is 2.63. The summed E-state index contributed by atoms with van der Waals surface area (Å²) in [6.45, 7) is 6.83. The zero-order valence-corrected chi connectivity index (χ0v) is 11.4. The summed E-state index contributed by atoms with van der Waals surface area (Å²) in [5.41, 5.74) is 0. The summed E-state index contributed by atoms with van der Waals surface area (Å²) in [4.78, 5) is 1.68. The zero-order chi connectivity index (χ0) is 12.8. The fourth-order valence-electron chi connectivity index (χ4n) is 2.63. The minimum Gasteiger partial charge on any atom is -0.497 e. The third-order valence-electron chi connectivity index (χ3n) is 3.63. The van der Waals surface area contributed by atoms with Gasteiger partial charge in [-0.05, 0) is 25.0 Å². The molecule has 0 bridgehead atoms. The SMILES string of the molecule is COc1cccc(OCC[NH+]2CCC[C@@H](C)C2)c1. The van der Waals surface area contributed by atoms with Crippen molar-refractivity contribution in [3.63, 3.8) is 0 Å². The van der Waals surface area contributed by atoms with Crippen LogP contribution in [0.2, 0.25) is 0 Å². The highest BCUT2D eigenvalue weighted by Crippen LogP contribution is 2.18. The Kier molecular flexibility index (Phi) is 4.88. The van der Waals surface area contributed by atoms with Crippen molar-refractivity contribution < 1.29 is 14.4 Å². The van der Waals surface area contributed by atoms with Crippen LogP contribution in [0.4, 0.5) is 0 Å². The van der Waals surface area contributed by atoms with Crippen LogP contribution in [0.1, 0.15) is 19.8 Å². The number of nitrogens with one attached hydrogen (secondary N) is 1. The van der Waals surface area contributed by atoms with E-state index in [0.29, 0.717) is 0 Å². The number of likely N-dealkylation sites (tertiary alicyclic amines) is 1. The number of quaternary nitrogens is 1. The van der Waals surface area contributed by atoms with Crippen LogP contribution in [0.15, 0.2) is 24.3 Å². The molecule has 1 heterocycles. The van der Waals surface area contributed by atoms with Crippen molar-refractivity contribution in [2.24, 2.45) is 5.92 Å². The Morgan fingerprint density at radius 1 is 1.33 bits per heavy atom. The van der Waals surface area contributed by atoms with Gasteiger partial charge >= 0.3 is 0 Å². The molecule has 0 amide bonds. The van der Waals surface area contributed by atoms with Crippen molar-refractivity contribution in [2.45, 2.75) is 19.8 Å². The van der Waals surface area contributed by atoms with Crippen molar-refractivity contribution in [3.05, 3.63) is 24.3 Å². The van der Waals surface area contributed by atoms with Gasteiger partial charge in [-0.2, -0.15) is 0 Å². The predicted octanol–water partition coefficient (Wildman–Crippen LogP) is 1.39. The Labute approximate surface area is 110 Å². The quantitative estimate of drug-likeness (QED) is 0.853. The summed E-state index contributed by atoms with van der Waals surface area (Å²) in [5, 5.41) is 0. The predicted molar refractivity (Wildman–Crippen MR) is 72.5 cm³/mol. The lowest BCUT2D eigenvalue weighted by Gasteiger charge is -2.27. The molecule has 3 nitrogen and oxygen atoms in total. The molecule has 0 aromatic heterocycles. The average molecular weight is 250 g/mol.